The SMILES string of the molecule is Nc1cc(Cl)cc(C(=O)Nc2ccc(O)cc2[N+](=O)[O-])c1. The van der Waals surface area contributed by atoms with Crippen LogP contribution in [0.3, 0.4) is 0 Å². The van der Waals surface area contributed by atoms with Crippen LogP contribution in [-0.4, -0.2) is 15.9 Å². The van der Waals surface area contributed by atoms with Crippen molar-refractivity contribution in [2.75, 3.05) is 11.1 Å². The summed E-state index contributed by atoms with van der Waals surface area (Å²) in [6.07, 6.45) is 0. The predicted octanol–water partition coefficient (Wildman–Crippen LogP) is 2.79. The first-order valence-electron chi connectivity index (χ1n) is 5.71. The van der Waals surface area contributed by atoms with E-state index in [2.05, 4.69) is 5.32 Å². The predicted molar refractivity (Wildman–Crippen MR) is 78.6 cm³/mol. The third-order valence-electron chi connectivity index (χ3n) is 2.61. The topological polar surface area (TPSA) is 118 Å². The first kappa shape index (κ1) is 14.6. The molecule has 2 rings (SSSR count). The van der Waals surface area contributed by atoms with E-state index >= 15 is 0 Å². The van der Waals surface area contributed by atoms with Gasteiger partial charge in [-0.1, -0.05) is 11.6 Å². The van der Waals surface area contributed by atoms with Gasteiger partial charge in [-0.15, -0.1) is 0 Å². The molecule has 0 radical (unpaired) electrons. The molecule has 21 heavy (non-hydrogen) atoms. The summed E-state index contributed by atoms with van der Waals surface area (Å²) in [7, 11) is 0. The molecular formula is C13H10ClN3O4. The third kappa shape index (κ3) is 3.40. The second-order valence-electron chi connectivity index (χ2n) is 4.19. The zero-order valence-electron chi connectivity index (χ0n) is 10.5. The van der Waals surface area contributed by atoms with Crippen molar-refractivity contribution in [3.63, 3.8) is 0 Å². The zero-order chi connectivity index (χ0) is 15.6. The molecule has 1 amide bonds. The number of phenolic OH excluding ortho intramolecular Hbond substituents is 1. The van der Waals surface area contributed by atoms with Crippen LogP contribution in [0.25, 0.3) is 0 Å². The third-order valence-corrected chi connectivity index (χ3v) is 2.83. The minimum Gasteiger partial charge on any atom is -0.508 e. The molecule has 0 saturated heterocycles. The van der Waals surface area contributed by atoms with Gasteiger partial charge in [0.25, 0.3) is 11.6 Å². The van der Waals surface area contributed by atoms with Crippen molar-refractivity contribution < 1.29 is 14.8 Å². The highest BCUT2D eigenvalue weighted by Gasteiger charge is 2.17. The number of carbonyl (C=O) groups is 1. The number of nitrogens with zero attached hydrogens (tertiary/aromatic N) is 1. The normalized spacial score (nSPS) is 10.1. The number of hydrogen-bond donors (Lipinski definition) is 3. The molecule has 0 heterocycles. The van der Waals surface area contributed by atoms with E-state index in [1.165, 1.54) is 30.3 Å². The Kier molecular flexibility index (Phi) is 3.95. The second-order valence-corrected chi connectivity index (χ2v) is 4.62. The number of halogens is 1. The van der Waals surface area contributed by atoms with Gasteiger partial charge in [-0.2, -0.15) is 0 Å². The van der Waals surface area contributed by atoms with E-state index in [-0.39, 0.29) is 22.0 Å². The molecular weight excluding hydrogens is 298 g/mol. The molecule has 2 aromatic rings. The first-order chi connectivity index (χ1) is 9.86. The number of nitrogens with two attached hydrogens (primary N) is 1. The van der Waals surface area contributed by atoms with Crippen LogP contribution in [0, 0.1) is 10.1 Å². The van der Waals surface area contributed by atoms with Crippen molar-refractivity contribution >= 4 is 34.6 Å². The molecule has 7 nitrogen and oxygen atoms in total. The van der Waals surface area contributed by atoms with Crippen LogP contribution >= 0.6 is 11.6 Å². The highest BCUT2D eigenvalue weighted by Crippen LogP contribution is 2.29. The summed E-state index contributed by atoms with van der Waals surface area (Å²) in [6, 6.07) is 7.67. The second kappa shape index (κ2) is 5.68. The Morgan fingerprint density at radius 2 is 2.00 bits per heavy atom. The average Bonchev–Trinajstić information content (AvgIpc) is 2.39. The monoisotopic (exact) mass is 307 g/mol. The molecule has 0 bridgehead atoms. The Morgan fingerprint density at radius 3 is 2.62 bits per heavy atom. The van der Waals surface area contributed by atoms with Crippen molar-refractivity contribution in [3.05, 3.63) is 57.1 Å². The summed E-state index contributed by atoms with van der Waals surface area (Å²) >= 11 is 5.80. The molecule has 4 N–H and O–H groups in total. The molecule has 0 unspecified atom stereocenters. The lowest BCUT2D eigenvalue weighted by Crippen LogP contribution is -2.13. The number of benzene rings is 2. The average molecular weight is 308 g/mol. The van der Waals surface area contributed by atoms with Crippen molar-refractivity contribution in [1.29, 1.82) is 0 Å². The van der Waals surface area contributed by atoms with Crippen molar-refractivity contribution in [2.24, 2.45) is 0 Å². The van der Waals surface area contributed by atoms with Gasteiger partial charge in [0.05, 0.1) is 11.0 Å². The number of nitro groups is 1. The van der Waals surface area contributed by atoms with E-state index in [1.54, 1.807) is 0 Å². The van der Waals surface area contributed by atoms with E-state index in [0.717, 1.165) is 6.07 Å². The lowest BCUT2D eigenvalue weighted by Gasteiger charge is -2.07. The van der Waals surface area contributed by atoms with Gasteiger partial charge < -0.3 is 16.2 Å². The van der Waals surface area contributed by atoms with Crippen LogP contribution in [0.1, 0.15) is 10.4 Å². The summed E-state index contributed by atoms with van der Waals surface area (Å²) in [5.74, 6) is -0.871. The van der Waals surface area contributed by atoms with Gasteiger partial charge in [0, 0.05) is 16.3 Å². The van der Waals surface area contributed by atoms with Gasteiger partial charge in [0.2, 0.25) is 0 Å². The van der Waals surface area contributed by atoms with E-state index in [0.29, 0.717) is 5.69 Å². The fraction of sp³-hybridized carbons (Fsp3) is 0. The van der Waals surface area contributed by atoms with Crippen LogP contribution in [0.2, 0.25) is 5.02 Å². The molecule has 0 aliphatic carbocycles. The number of rotatable bonds is 3. The van der Waals surface area contributed by atoms with Crippen LogP contribution in [-0.2, 0) is 0 Å². The Morgan fingerprint density at radius 1 is 1.29 bits per heavy atom. The van der Waals surface area contributed by atoms with Gasteiger partial charge in [-0.25, -0.2) is 0 Å². The maximum atomic E-state index is 12.1. The summed E-state index contributed by atoms with van der Waals surface area (Å²) in [4.78, 5) is 22.3. The Bertz CT molecular complexity index is 713. The fourth-order valence-corrected chi connectivity index (χ4v) is 1.96. The van der Waals surface area contributed by atoms with E-state index in [9.17, 15) is 20.0 Å². The van der Waals surface area contributed by atoms with Gasteiger partial charge in [0.1, 0.15) is 11.4 Å². The smallest absolute Gasteiger partial charge is 0.296 e. The Labute approximate surface area is 124 Å². The van der Waals surface area contributed by atoms with Crippen molar-refractivity contribution in [2.45, 2.75) is 0 Å². The molecule has 0 spiro atoms. The number of anilines is 2. The van der Waals surface area contributed by atoms with Crippen molar-refractivity contribution in [1.82, 2.24) is 0 Å². The molecule has 2 aromatic carbocycles. The molecule has 0 aromatic heterocycles. The number of nitro benzene ring substituents is 1. The standard InChI is InChI=1S/C13H10ClN3O4/c14-8-3-7(4-9(15)5-8)13(19)16-11-2-1-10(18)6-12(11)17(20)21/h1-6,18H,15H2,(H,16,19). The van der Waals surface area contributed by atoms with E-state index < -0.39 is 16.5 Å². The molecule has 8 heteroatoms. The number of amides is 1. The van der Waals surface area contributed by atoms with E-state index in [1.807, 2.05) is 0 Å². The number of nitrogens with one attached hydrogen (secondary N) is 1. The molecule has 0 aliphatic rings. The first-order valence-corrected chi connectivity index (χ1v) is 6.09. The minimum absolute atomic E-state index is 0.0404. The minimum atomic E-state index is -0.707. The van der Waals surface area contributed by atoms with Crippen molar-refractivity contribution in [3.8, 4) is 5.75 Å². The number of hydrogen-bond acceptors (Lipinski definition) is 5. The largest absolute Gasteiger partial charge is 0.508 e. The fourth-order valence-electron chi connectivity index (χ4n) is 1.71. The molecule has 0 saturated carbocycles. The molecule has 0 atom stereocenters. The maximum Gasteiger partial charge on any atom is 0.296 e. The maximum absolute atomic E-state index is 12.1. The quantitative estimate of drug-likeness (QED) is 0.349. The summed E-state index contributed by atoms with van der Waals surface area (Å²) < 4.78 is 0. The van der Waals surface area contributed by atoms with Crippen LogP contribution in [0.15, 0.2) is 36.4 Å². The van der Waals surface area contributed by atoms with Crippen LogP contribution in [0.5, 0.6) is 5.75 Å². The van der Waals surface area contributed by atoms with Gasteiger partial charge in [-0.3, -0.25) is 14.9 Å². The molecule has 108 valence electrons. The van der Waals surface area contributed by atoms with Gasteiger partial charge >= 0.3 is 0 Å². The summed E-state index contributed by atoms with van der Waals surface area (Å²) in [6.45, 7) is 0. The lowest BCUT2D eigenvalue weighted by molar-refractivity contribution is -0.384. The highest BCUT2D eigenvalue weighted by atomic mass is 35.5. The van der Waals surface area contributed by atoms with E-state index in [4.69, 9.17) is 17.3 Å². The van der Waals surface area contributed by atoms with Gasteiger partial charge in [-0.05, 0) is 30.3 Å². The number of carbonyl (C=O) groups excluding carboxylic acids is 1. The number of aromatic hydroxyl groups is 1. The number of phenols is 1. The molecule has 0 fully saturated rings. The highest BCUT2D eigenvalue weighted by molar-refractivity contribution is 6.31. The van der Waals surface area contributed by atoms with Gasteiger partial charge in [0.15, 0.2) is 0 Å². The Hall–Kier alpha value is -2.80. The zero-order valence-corrected chi connectivity index (χ0v) is 11.3. The summed E-state index contributed by atoms with van der Waals surface area (Å²) in [5.41, 5.74) is 5.59. The number of nitrogen functional groups attached to an aromatic ring is 1. The van der Waals surface area contributed by atoms with Crippen LogP contribution in [0.4, 0.5) is 17.1 Å². The van der Waals surface area contributed by atoms with Crippen LogP contribution < -0.4 is 11.1 Å². The Balaban J connectivity index is 2.33. The lowest BCUT2D eigenvalue weighted by atomic mass is 10.1. The summed E-state index contributed by atoms with van der Waals surface area (Å²) in [5, 5.41) is 22.8. The molecule has 0 aliphatic heterocycles.